The van der Waals surface area contributed by atoms with Crippen LogP contribution in [0.15, 0.2) is 84.5 Å². The Hall–Kier alpha value is -1.63. The van der Waals surface area contributed by atoms with Crippen LogP contribution in [-0.2, 0) is 0 Å². The number of aromatic nitrogens is 2. The summed E-state index contributed by atoms with van der Waals surface area (Å²) < 4.78 is 0. The van der Waals surface area contributed by atoms with Gasteiger partial charge < -0.3 is 5.73 Å². The van der Waals surface area contributed by atoms with E-state index in [4.69, 9.17) is 5.73 Å². The maximum atomic E-state index is 6.33. The van der Waals surface area contributed by atoms with Crippen molar-refractivity contribution in [3.63, 3.8) is 0 Å². The topological polar surface area (TPSA) is 51.8 Å². The number of fused-ring (bicyclic) bond motifs is 6. The molecule has 0 amide bonds. The average molecular weight is 341 g/mol. The number of nitrogens with two attached hydrogens (primary N) is 1. The molecule has 3 heterocycles. The van der Waals surface area contributed by atoms with Crippen LogP contribution in [0, 0.1) is 0 Å². The fourth-order valence-corrected chi connectivity index (χ4v) is 4.79. The summed E-state index contributed by atoms with van der Waals surface area (Å²) in [5.41, 5.74) is 7.11. The number of rotatable bonds is 0. The number of hydrogen-bond donors (Lipinski definition) is 1. The molecule has 22 heavy (non-hydrogen) atoms. The van der Waals surface area contributed by atoms with Crippen LogP contribution in [0.25, 0.3) is 0 Å². The Labute approximate surface area is 141 Å². The Balaban J connectivity index is 1.91. The van der Waals surface area contributed by atoms with Crippen molar-refractivity contribution in [3.8, 4) is 0 Å². The third-order valence-corrected chi connectivity index (χ3v) is 5.96. The van der Waals surface area contributed by atoms with Crippen molar-refractivity contribution < 1.29 is 0 Å². The molecule has 3 aromatic rings. The highest BCUT2D eigenvalue weighted by molar-refractivity contribution is 8.00. The first kappa shape index (κ1) is 14.0. The van der Waals surface area contributed by atoms with E-state index in [1.165, 1.54) is 0 Å². The van der Waals surface area contributed by atoms with Gasteiger partial charge in [0.15, 0.2) is 0 Å². The van der Waals surface area contributed by atoms with E-state index in [9.17, 15) is 0 Å². The molecule has 2 N–H and O–H groups in total. The molecule has 6 heteroatoms. The van der Waals surface area contributed by atoms with Gasteiger partial charge >= 0.3 is 0 Å². The molecule has 0 saturated heterocycles. The second kappa shape index (κ2) is 5.87. The second-order valence-corrected chi connectivity index (χ2v) is 7.77. The van der Waals surface area contributed by atoms with Gasteiger partial charge in [-0.15, -0.1) is 0 Å². The highest BCUT2D eigenvalue weighted by Gasteiger charge is 2.12. The van der Waals surface area contributed by atoms with Crippen LogP contribution in [-0.4, -0.2) is 9.97 Å². The fraction of sp³-hybridized carbons (Fsp3) is 0. The number of pyridine rings is 2. The molecule has 0 fully saturated rings. The summed E-state index contributed by atoms with van der Waals surface area (Å²) in [5, 5.41) is 3.76. The lowest BCUT2D eigenvalue weighted by molar-refractivity contribution is 0.975. The van der Waals surface area contributed by atoms with Crippen molar-refractivity contribution in [2.75, 3.05) is 5.73 Å². The molecule has 4 rings (SSSR count). The minimum atomic E-state index is 0.783. The van der Waals surface area contributed by atoms with Gasteiger partial charge in [-0.2, -0.15) is 0 Å². The van der Waals surface area contributed by atoms with Crippen LogP contribution in [0.1, 0.15) is 0 Å². The van der Waals surface area contributed by atoms with Crippen molar-refractivity contribution in [3.05, 3.63) is 54.6 Å². The highest BCUT2D eigenvalue weighted by atomic mass is 32.2. The van der Waals surface area contributed by atoms with Crippen LogP contribution >= 0.6 is 35.3 Å². The first-order valence-corrected chi connectivity index (χ1v) is 9.09. The monoisotopic (exact) mass is 341 g/mol. The molecule has 108 valence electrons. The number of hydrogen-bond acceptors (Lipinski definition) is 6. The molecule has 1 aliphatic rings. The second-order valence-electron chi connectivity index (χ2n) is 4.60. The summed E-state index contributed by atoms with van der Waals surface area (Å²) in [6.45, 7) is 0. The van der Waals surface area contributed by atoms with E-state index >= 15 is 0 Å². The standard InChI is InChI=1S/C16H11N3S3/c17-16-10-4-1-5-11(16)21-13-7-3-9-15(19-13)22-14-8-2-6-12(18-14)20-10/h1-9H,17H2. The molecule has 0 saturated carbocycles. The third kappa shape index (κ3) is 2.82. The van der Waals surface area contributed by atoms with Gasteiger partial charge in [0, 0.05) is 9.79 Å². The lowest BCUT2D eigenvalue weighted by Gasteiger charge is -2.12. The van der Waals surface area contributed by atoms with Gasteiger partial charge in [0.1, 0.15) is 20.1 Å². The molecule has 0 radical (unpaired) electrons. The van der Waals surface area contributed by atoms with Crippen molar-refractivity contribution in [1.29, 1.82) is 0 Å². The van der Waals surface area contributed by atoms with Gasteiger partial charge in [-0.25, -0.2) is 9.97 Å². The lowest BCUT2D eigenvalue weighted by Crippen LogP contribution is -1.94. The zero-order valence-electron chi connectivity index (χ0n) is 11.4. The van der Waals surface area contributed by atoms with Crippen LogP contribution in [0.5, 0.6) is 0 Å². The van der Waals surface area contributed by atoms with Crippen LogP contribution in [0.2, 0.25) is 0 Å². The van der Waals surface area contributed by atoms with Crippen LogP contribution < -0.4 is 5.73 Å². The molecule has 1 aliphatic heterocycles. The molecule has 1 aromatic carbocycles. The van der Waals surface area contributed by atoms with Gasteiger partial charge in [-0.05, 0) is 36.4 Å². The average Bonchev–Trinajstić information content (AvgIpc) is 2.51. The summed E-state index contributed by atoms with van der Waals surface area (Å²) in [4.78, 5) is 11.4. The summed E-state index contributed by atoms with van der Waals surface area (Å²) in [6, 6.07) is 18.1. The van der Waals surface area contributed by atoms with E-state index in [0.717, 1.165) is 35.6 Å². The SMILES string of the molecule is Nc1c2cccc1Sc1cccc(n1)Sc1cccc(n1)S2. The van der Waals surface area contributed by atoms with Crippen molar-refractivity contribution in [1.82, 2.24) is 9.97 Å². The number of para-hydroxylation sites is 1. The zero-order chi connectivity index (χ0) is 14.9. The molecular formula is C16H11N3S3. The molecule has 6 bridgehead atoms. The van der Waals surface area contributed by atoms with E-state index in [2.05, 4.69) is 9.97 Å². The first-order chi connectivity index (χ1) is 10.8. The smallest absolute Gasteiger partial charge is 0.104 e. The van der Waals surface area contributed by atoms with Gasteiger partial charge in [-0.3, -0.25) is 0 Å². The summed E-state index contributed by atoms with van der Waals surface area (Å²) in [5.74, 6) is 0. The van der Waals surface area contributed by atoms with E-state index in [-0.39, 0.29) is 0 Å². The molecule has 0 spiro atoms. The predicted molar refractivity (Wildman–Crippen MR) is 91.7 cm³/mol. The first-order valence-electron chi connectivity index (χ1n) is 6.64. The van der Waals surface area contributed by atoms with Crippen molar-refractivity contribution >= 4 is 41.0 Å². The van der Waals surface area contributed by atoms with Crippen molar-refractivity contribution in [2.45, 2.75) is 29.9 Å². The summed E-state index contributed by atoms with van der Waals surface area (Å²) >= 11 is 4.77. The van der Waals surface area contributed by atoms with Crippen molar-refractivity contribution in [2.24, 2.45) is 0 Å². The quantitative estimate of drug-likeness (QED) is 0.463. The van der Waals surface area contributed by atoms with E-state index in [1.54, 1.807) is 35.3 Å². The molecule has 0 unspecified atom stereocenters. The molecule has 3 nitrogen and oxygen atoms in total. The largest absolute Gasteiger partial charge is 0.397 e. The van der Waals surface area contributed by atoms with Gasteiger partial charge in [0.25, 0.3) is 0 Å². The Kier molecular flexibility index (Phi) is 3.73. The zero-order valence-corrected chi connectivity index (χ0v) is 13.8. The minimum absolute atomic E-state index is 0.783. The Morgan fingerprint density at radius 3 is 1.50 bits per heavy atom. The number of anilines is 1. The fourth-order valence-electron chi connectivity index (χ4n) is 2.05. The molecular weight excluding hydrogens is 330 g/mol. The van der Waals surface area contributed by atoms with Gasteiger partial charge in [0.2, 0.25) is 0 Å². The number of benzene rings is 1. The van der Waals surface area contributed by atoms with Gasteiger partial charge in [0.05, 0.1) is 5.69 Å². The number of nitrogen functional groups attached to an aromatic ring is 1. The molecule has 2 aromatic heterocycles. The normalized spacial score (nSPS) is 13.1. The Bertz CT molecular complexity index is 786. The Morgan fingerprint density at radius 2 is 1.00 bits per heavy atom. The summed E-state index contributed by atoms with van der Waals surface area (Å²) in [6.07, 6.45) is 0. The number of nitrogens with zero attached hydrogens (tertiary/aromatic N) is 2. The maximum absolute atomic E-state index is 6.33. The van der Waals surface area contributed by atoms with E-state index in [0.29, 0.717) is 0 Å². The van der Waals surface area contributed by atoms with E-state index in [1.807, 2.05) is 54.6 Å². The minimum Gasteiger partial charge on any atom is -0.397 e. The molecule has 0 atom stereocenters. The van der Waals surface area contributed by atoms with E-state index < -0.39 is 0 Å². The third-order valence-electron chi connectivity index (χ3n) is 3.06. The molecule has 0 aliphatic carbocycles. The van der Waals surface area contributed by atoms with Gasteiger partial charge in [-0.1, -0.05) is 53.5 Å². The van der Waals surface area contributed by atoms with Crippen LogP contribution in [0.3, 0.4) is 0 Å². The summed E-state index contributed by atoms with van der Waals surface area (Å²) in [7, 11) is 0. The van der Waals surface area contributed by atoms with Crippen LogP contribution in [0.4, 0.5) is 5.69 Å². The lowest BCUT2D eigenvalue weighted by atomic mass is 10.3. The Morgan fingerprint density at radius 1 is 0.591 bits per heavy atom. The predicted octanol–water partition coefficient (Wildman–Crippen LogP) is 4.83. The highest BCUT2D eigenvalue weighted by Crippen LogP contribution is 2.40. The maximum Gasteiger partial charge on any atom is 0.104 e.